The molecule has 0 aliphatic rings. The van der Waals surface area contributed by atoms with Gasteiger partial charge in [0.1, 0.15) is 0 Å². The Morgan fingerprint density at radius 3 is 3.00 bits per heavy atom. The molecule has 0 fully saturated rings. The average Bonchev–Trinajstić information content (AvgIpc) is 1.94. The molecule has 0 unspecified atom stereocenters. The second-order valence-electron chi connectivity index (χ2n) is 1.58. The fourth-order valence-corrected chi connectivity index (χ4v) is 0.640. The van der Waals surface area contributed by atoms with Gasteiger partial charge in [-0.15, -0.1) is 6.42 Å². The minimum absolute atomic E-state index is 0.188. The smallest absolute Gasteiger partial charge is 0.267 e. The lowest BCUT2D eigenvalue weighted by atomic mass is 10.3. The highest BCUT2D eigenvalue weighted by atomic mass is 35.5. The van der Waals surface area contributed by atoms with Gasteiger partial charge in [-0.3, -0.25) is 4.79 Å². The van der Waals surface area contributed by atoms with Gasteiger partial charge in [-0.05, 0) is 6.07 Å². The first-order valence-electron chi connectivity index (χ1n) is 2.46. The SMILES string of the molecule is C#Cc1cc(Cl)n[nH]c1=O. The third-order valence-corrected chi connectivity index (χ3v) is 1.12. The third-order valence-electron chi connectivity index (χ3n) is 0.928. The van der Waals surface area contributed by atoms with Crippen molar-refractivity contribution in [3.63, 3.8) is 0 Å². The molecule has 4 heteroatoms. The van der Waals surface area contributed by atoms with Gasteiger partial charge in [-0.25, -0.2) is 5.10 Å². The van der Waals surface area contributed by atoms with E-state index in [1.54, 1.807) is 0 Å². The topological polar surface area (TPSA) is 45.8 Å². The third kappa shape index (κ3) is 1.17. The Morgan fingerprint density at radius 2 is 2.50 bits per heavy atom. The van der Waals surface area contributed by atoms with Crippen LogP contribution in [0.1, 0.15) is 5.56 Å². The number of nitrogens with zero attached hydrogens (tertiary/aromatic N) is 1. The zero-order valence-corrected chi connectivity index (χ0v) is 5.64. The predicted octanol–water partition coefficient (Wildman–Crippen LogP) is 0.405. The fourth-order valence-electron chi connectivity index (χ4n) is 0.489. The lowest BCUT2D eigenvalue weighted by Gasteiger charge is -1.87. The van der Waals surface area contributed by atoms with Gasteiger partial charge in [0.15, 0.2) is 5.15 Å². The Balaban J connectivity index is 3.40. The van der Waals surface area contributed by atoms with Crippen molar-refractivity contribution in [1.82, 2.24) is 10.2 Å². The van der Waals surface area contributed by atoms with Gasteiger partial charge in [0.05, 0.1) is 5.56 Å². The molecule has 0 amide bonds. The fraction of sp³-hybridized carbons (Fsp3) is 0. The number of hydrogen-bond acceptors (Lipinski definition) is 2. The van der Waals surface area contributed by atoms with E-state index in [2.05, 4.69) is 16.1 Å². The van der Waals surface area contributed by atoms with Crippen molar-refractivity contribution in [2.45, 2.75) is 0 Å². The molecule has 0 aromatic carbocycles. The van der Waals surface area contributed by atoms with Crippen LogP contribution in [0.2, 0.25) is 5.15 Å². The van der Waals surface area contributed by atoms with Crippen molar-refractivity contribution in [1.29, 1.82) is 0 Å². The van der Waals surface area contributed by atoms with Gasteiger partial charge in [0.2, 0.25) is 0 Å². The summed E-state index contributed by atoms with van der Waals surface area (Å²) >= 11 is 5.42. The van der Waals surface area contributed by atoms with E-state index in [1.807, 2.05) is 0 Å². The van der Waals surface area contributed by atoms with E-state index in [9.17, 15) is 4.79 Å². The van der Waals surface area contributed by atoms with Crippen molar-refractivity contribution in [3.05, 3.63) is 27.1 Å². The summed E-state index contributed by atoms with van der Waals surface area (Å²) in [6.45, 7) is 0. The summed E-state index contributed by atoms with van der Waals surface area (Å²) in [5, 5.41) is 5.75. The molecule has 0 spiro atoms. The van der Waals surface area contributed by atoms with Crippen LogP contribution in [0.4, 0.5) is 0 Å². The normalized spacial score (nSPS) is 8.80. The molecule has 10 heavy (non-hydrogen) atoms. The Kier molecular flexibility index (Phi) is 1.74. The molecule has 0 atom stereocenters. The number of terminal acetylenes is 1. The van der Waals surface area contributed by atoms with Gasteiger partial charge in [0.25, 0.3) is 5.56 Å². The number of H-pyrrole nitrogens is 1. The number of aromatic nitrogens is 2. The Hall–Kier alpha value is -1.27. The van der Waals surface area contributed by atoms with Crippen molar-refractivity contribution in [3.8, 4) is 12.3 Å². The van der Waals surface area contributed by atoms with Crippen LogP contribution in [0.3, 0.4) is 0 Å². The minimum atomic E-state index is -0.396. The van der Waals surface area contributed by atoms with E-state index < -0.39 is 5.56 Å². The molecular weight excluding hydrogens is 152 g/mol. The molecule has 0 aliphatic heterocycles. The summed E-state index contributed by atoms with van der Waals surface area (Å²) in [6, 6.07) is 1.33. The van der Waals surface area contributed by atoms with Crippen molar-refractivity contribution in [2.24, 2.45) is 0 Å². The van der Waals surface area contributed by atoms with E-state index in [4.69, 9.17) is 18.0 Å². The molecule has 0 saturated heterocycles. The van der Waals surface area contributed by atoms with Crippen molar-refractivity contribution >= 4 is 11.6 Å². The van der Waals surface area contributed by atoms with Gasteiger partial charge in [-0.1, -0.05) is 17.5 Å². The van der Waals surface area contributed by atoms with Gasteiger partial charge in [-0.2, -0.15) is 5.10 Å². The van der Waals surface area contributed by atoms with Crippen LogP contribution in [-0.4, -0.2) is 10.2 Å². The summed E-state index contributed by atoms with van der Waals surface area (Å²) in [4.78, 5) is 10.7. The summed E-state index contributed by atoms with van der Waals surface area (Å²) in [5.74, 6) is 2.17. The summed E-state index contributed by atoms with van der Waals surface area (Å²) in [6.07, 6.45) is 4.96. The maximum atomic E-state index is 10.7. The standard InChI is InChI=1S/C6H3ClN2O/c1-2-4-3-5(7)8-9-6(4)10/h1,3H,(H,9,10). The zero-order chi connectivity index (χ0) is 7.56. The van der Waals surface area contributed by atoms with E-state index in [-0.39, 0.29) is 10.7 Å². The average molecular weight is 155 g/mol. The first-order chi connectivity index (χ1) is 4.74. The first kappa shape index (κ1) is 6.84. The molecule has 1 N–H and O–H groups in total. The molecule has 1 aromatic rings. The second kappa shape index (κ2) is 2.54. The Morgan fingerprint density at radius 1 is 1.80 bits per heavy atom. The van der Waals surface area contributed by atoms with Crippen LogP contribution in [0.25, 0.3) is 0 Å². The highest BCUT2D eigenvalue weighted by molar-refractivity contribution is 6.29. The number of rotatable bonds is 0. The summed E-state index contributed by atoms with van der Waals surface area (Å²) in [5.41, 5.74) is -0.202. The molecule has 0 saturated carbocycles. The maximum absolute atomic E-state index is 10.7. The van der Waals surface area contributed by atoms with Crippen LogP contribution in [0, 0.1) is 12.3 Å². The zero-order valence-electron chi connectivity index (χ0n) is 4.89. The summed E-state index contributed by atoms with van der Waals surface area (Å²) in [7, 11) is 0. The van der Waals surface area contributed by atoms with Crippen LogP contribution in [-0.2, 0) is 0 Å². The quantitative estimate of drug-likeness (QED) is 0.550. The maximum Gasteiger partial charge on any atom is 0.279 e. The number of halogens is 1. The van der Waals surface area contributed by atoms with Crippen molar-refractivity contribution in [2.75, 3.05) is 0 Å². The van der Waals surface area contributed by atoms with E-state index in [1.165, 1.54) is 6.07 Å². The Bertz CT molecular complexity index is 336. The molecule has 0 bridgehead atoms. The molecule has 1 heterocycles. The van der Waals surface area contributed by atoms with E-state index >= 15 is 0 Å². The molecule has 1 aromatic heterocycles. The van der Waals surface area contributed by atoms with Gasteiger partial charge in [0, 0.05) is 0 Å². The minimum Gasteiger partial charge on any atom is -0.267 e. The lowest BCUT2D eigenvalue weighted by Crippen LogP contribution is -2.10. The number of hydrogen-bond donors (Lipinski definition) is 1. The van der Waals surface area contributed by atoms with Gasteiger partial charge >= 0.3 is 0 Å². The highest BCUT2D eigenvalue weighted by Gasteiger charge is 1.95. The molecule has 1 rings (SSSR count). The van der Waals surface area contributed by atoms with Crippen molar-refractivity contribution < 1.29 is 0 Å². The van der Waals surface area contributed by atoms with Crippen LogP contribution in [0.15, 0.2) is 10.9 Å². The molecule has 0 aliphatic carbocycles. The Labute approximate surface area is 62.0 Å². The summed E-state index contributed by atoms with van der Waals surface area (Å²) < 4.78 is 0. The van der Waals surface area contributed by atoms with E-state index in [0.717, 1.165) is 0 Å². The number of nitrogens with one attached hydrogen (secondary N) is 1. The van der Waals surface area contributed by atoms with E-state index in [0.29, 0.717) is 0 Å². The largest absolute Gasteiger partial charge is 0.279 e. The van der Waals surface area contributed by atoms with Crippen LogP contribution >= 0.6 is 11.6 Å². The lowest BCUT2D eigenvalue weighted by molar-refractivity contribution is 0.983. The van der Waals surface area contributed by atoms with Crippen LogP contribution < -0.4 is 5.56 Å². The van der Waals surface area contributed by atoms with Gasteiger partial charge < -0.3 is 0 Å². The monoisotopic (exact) mass is 154 g/mol. The molecule has 50 valence electrons. The molecule has 0 radical (unpaired) electrons. The first-order valence-corrected chi connectivity index (χ1v) is 2.83. The molecular formula is C6H3ClN2O. The highest BCUT2D eigenvalue weighted by Crippen LogP contribution is 1.99. The number of aromatic amines is 1. The van der Waals surface area contributed by atoms with Crippen LogP contribution in [0.5, 0.6) is 0 Å². The molecule has 3 nitrogen and oxygen atoms in total. The predicted molar refractivity (Wildman–Crippen MR) is 37.8 cm³/mol. The second-order valence-corrected chi connectivity index (χ2v) is 1.97.